The molecule has 0 saturated carbocycles. The van der Waals surface area contributed by atoms with Gasteiger partial charge in [-0.15, -0.1) is 0 Å². The number of aliphatic hydroxyl groups excluding tert-OH is 1. The van der Waals surface area contributed by atoms with E-state index in [1.54, 1.807) is 0 Å². The van der Waals surface area contributed by atoms with Gasteiger partial charge in [-0.25, -0.2) is 0 Å². The predicted molar refractivity (Wildman–Crippen MR) is 90.4 cm³/mol. The highest BCUT2D eigenvalue weighted by atomic mass is 16.3. The lowest BCUT2D eigenvalue weighted by atomic mass is 10.1. The molecule has 2 rings (SSSR count). The Kier molecular flexibility index (Phi) is 6.72. The van der Waals surface area contributed by atoms with Crippen molar-refractivity contribution >= 4 is 11.6 Å². The normalized spacial score (nSPS) is 15.8. The molecule has 0 aliphatic carbocycles. The lowest BCUT2D eigenvalue weighted by molar-refractivity contribution is 0.0953. The minimum Gasteiger partial charge on any atom is -0.393 e. The van der Waals surface area contributed by atoms with Crippen molar-refractivity contribution in [3.8, 4) is 0 Å². The Morgan fingerprint density at radius 2 is 1.86 bits per heavy atom. The van der Waals surface area contributed by atoms with Crippen LogP contribution in [0.1, 0.15) is 55.8 Å². The summed E-state index contributed by atoms with van der Waals surface area (Å²) in [6.07, 6.45) is 6.15. The summed E-state index contributed by atoms with van der Waals surface area (Å²) in [7, 11) is 0. The molecule has 4 nitrogen and oxygen atoms in total. The van der Waals surface area contributed by atoms with Crippen LogP contribution in [0.3, 0.4) is 0 Å². The molecule has 1 aromatic rings. The first-order chi connectivity index (χ1) is 10.7. The van der Waals surface area contributed by atoms with E-state index < -0.39 is 0 Å². The fourth-order valence-corrected chi connectivity index (χ4v) is 2.80. The van der Waals surface area contributed by atoms with Gasteiger partial charge in [-0.05, 0) is 43.5 Å². The van der Waals surface area contributed by atoms with Gasteiger partial charge in [0.15, 0.2) is 0 Å². The van der Waals surface area contributed by atoms with Crippen LogP contribution >= 0.6 is 0 Å². The van der Waals surface area contributed by atoms with Crippen molar-refractivity contribution in [3.63, 3.8) is 0 Å². The van der Waals surface area contributed by atoms with E-state index in [0.717, 1.165) is 50.1 Å². The highest BCUT2D eigenvalue weighted by molar-refractivity contribution is 5.94. The quantitative estimate of drug-likeness (QED) is 0.762. The maximum atomic E-state index is 12.1. The third-order valence-corrected chi connectivity index (χ3v) is 4.28. The number of nitrogens with zero attached hydrogens (tertiary/aromatic N) is 1. The standard InChI is InChI=1S/C18H28N2O2/c1-2-3-4-5-12-19-18(22)15-6-8-16(9-7-15)20-13-10-17(21)11-14-20/h6-9,17,21H,2-5,10-14H2,1H3,(H,19,22). The molecule has 2 N–H and O–H groups in total. The number of hydrogen-bond donors (Lipinski definition) is 2. The molecular formula is C18H28N2O2. The third kappa shape index (κ3) is 5.02. The minimum atomic E-state index is -0.158. The molecule has 0 bridgehead atoms. The molecule has 0 aromatic heterocycles. The van der Waals surface area contributed by atoms with Gasteiger partial charge in [-0.2, -0.15) is 0 Å². The second-order valence-electron chi connectivity index (χ2n) is 6.08. The molecule has 122 valence electrons. The predicted octanol–water partition coefficient (Wildman–Crippen LogP) is 2.96. The van der Waals surface area contributed by atoms with Crippen LogP contribution in [-0.4, -0.2) is 36.8 Å². The highest BCUT2D eigenvalue weighted by Crippen LogP contribution is 2.20. The fourth-order valence-electron chi connectivity index (χ4n) is 2.80. The molecule has 0 atom stereocenters. The Balaban J connectivity index is 1.79. The van der Waals surface area contributed by atoms with Crippen molar-refractivity contribution in [1.29, 1.82) is 0 Å². The summed E-state index contributed by atoms with van der Waals surface area (Å²) in [6, 6.07) is 7.79. The van der Waals surface area contributed by atoms with Crippen LogP contribution in [0.2, 0.25) is 0 Å². The largest absolute Gasteiger partial charge is 0.393 e. The van der Waals surface area contributed by atoms with E-state index in [1.807, 2.05) is 24.3 Å². The van der Waals surface area contributed by atoms with Crippen LogP contribution in [0.4, 0.5) is 5.69 Å². The number of piperidine rings is 1. The first kappa shape index (κ1) is 16.8. The number of carbonyl (C=O) groups excluding carboxylic acids is 1. The number of benzene rings is 1. The molecule has 1 aliphatic rings. The summed E-state index contributed by atoms with van der Waals surface area (Å²) in [6.45, 7) is 4.70. The Hall–Kier alpha value is -1.55. The molecule has 1 amide bonds. The zero-order valence-corrected chi connectivity index (χ0v) is 13.6. The van der Waals surface area contributed by atoms with Crippen LogP contribution in [0.15, 0.2) is 24.3 Å². The second kappa shape index (κ2) is 8.79. The fraction of sp³-hybridized carbons (Fsp3) is 0.611. The van der Waals surface area contributed by atoms with Crippen LogP contribution in [0, 0.1) is 0 Å². The molecule has 0 unspecified atom stereocenters. The molecule has 1 aliphatic heterocycles. The zero-order chi connectivity index (χ0) is 15.8. The van der Waals surface area contributed by atoms with Crippen molar-refractivity contribution in [2.75, 3.05) is 24.5 Å². The van der Waals surface area contributed by atoms with Crippen molar-refractivity contribution in [3.05, 3.63) is 29.8 Å². The summed E-state index contributed by atoms with van der Waals surface area (Å²) in [5.74, 6) is 0.0112. The summed E-state index contributed by atoms with van der Waals surface area (Å²) in [5, 5.41) is 12.5. The van der Waals surface area contributed by atoms with Crippen LogP contribution < -0.4 is 10.2 Å². The molecule has 1 fully saturated rings. The van der Waals surface area contributed by atoms with Crippen molar-refractivity contribution in [2.45, 2.75) is 51.6 Å². The van der Waals surface area contributed by atoms with E-state index >= 15 is 0 Å². The lowest BCUT2D eigenvalue weighted by Crippen LogP contribution is -2.35. The molecule has 22 heavy (non-hydrogen) atoms. The van der Waals surface area contributed by atoms with Crippen LogP contribution in [-0.2, 0) is 0 Å². The lowest BCUT2D eigenvalue weighted by Gasteiger charge is -2.31. The van der Waals surface area contributed by atoms with Crippen molar-refractivity contribution in [1.82, 2.24) is 5.32 Å². The van der Waals surface area contributed by atoms with Crippen molar-refractivity contribution in [2.24, 2.45) is 0 Å². The number of aliphatic hydroxyl groups is 1. The van der Waals surface area contributed by atoms with Crippen molar-refractivity contribution < 1.29 is 9.90 Å². The van der Waals surface area contributed by atoms with Gasteiger partial charge in [0.2, 0.25) is 0 Å². The number of hydrogen-bond acceptors (Lipinski definition) is 3. The SMILES string of the molecule is CCCCCCNC(=O)c1ccc(N2CCC(O)CC2)cc1. The maximum Gasteiger partial charge on any atom is 0.251 e. The Morgan fingerprint density at radius 1 is 1.18 bits per heavy atom. The zero-order valence-electron chi connectivity index (χ0n) is 13.6. The van der Waals surface area contributed by atoms with Gasteiger partial charge < -0.3 is 15.3 Å². The molecular weight excluding hydrogens is 276 g/mol. The number of amides is 1. The van der Waals surface area contributed by atoms with Gasteiger partial charge in [-0.1, -0.05) is 26.2 Å². The first-order valence-electron chi connectivity index (χ1n) is 8.52. The second-order valence-corrected chi connectivity index (χ2v) is 6.08. The van der Waals surface area contributed by atoms with Gasteiger partial charge >= 0.3 is 0 Å². The van der Waals surface area contributed by atoms with Gasteiger partial charge in [0.25, 0.3) is 5.91 Å². The van der Waals surface area contributed by atoms with Crippen LogP contribution in [0.25, 0.3) is 0 Å². The summed E-state index contributed by atoms with van der Waals surface area (Å²) in [4.78, 5) is 14.3. The topological polar surface area (TPSA) is 52.6 Å². The number of nitrogens with one attached hydrogen (secondary N) is 1. The molecule has 0 spiro atoms. The smallest absolute Gasteiger partial charge is 0.251 e. The van der Waals surface area contributed by atoms with Crippen LogP contribution in [0.5, 0.6) is 0 Å². The Morgan fingerprint density at radius 3 is 2.50 bits per heavy atom. The number of unbranched alkanes of at least 4 members (excludes halogenated alkanes) is 3. The molecule has 4 heteroatoms. The number of rotatable bonds is 7. The number of anilines is 1. The van der Waals surface area contributed by atoms with Gasteiger partial charge in [0, 0.05) is 30.9 Å². The monoisotopic (exact) mass is 304 g/mol. The van der Waals surface area contributed by atoms with E-state index in [0.29, 0.717) is 0 Å². The molecule has 0 radical (unpaired) electrons. The minimum absolute atomic E-state index is 0.0112. The summed E-state index contributed by atoms with van der Waals surface area (Å²) >= 11 is 0. The van der Waals surface area contributed by atoms with E-state index in [4.69, 9.17) is 0 Å². The molecule has 1 heterocycles. The summed E-state index contributed by atoms with van der Waals surface area (Å²) in [5.41, 5.74) is 1.85. The third-order valence-electron chi connectivity index (χ3n) is 4.28. The van der Waals surface area contributed by atoms with E-state index in [9.17, 15) is 9.90 Å². The molecule has 1 saturated heterocycles. The first-order valence-corrected chi connectivity index (χ1v) is 8.52. The number of carbonyl (C=O) groups is 1. The Labute approximate surface area is 133 Å². The van der Waals surface area contributed by atoms with Gasteiger partial charge in [-0.3, -0.25) is 4.79 Å². The Bertz CT molecular complexity index is 451. The average Bonchev–Trinajstić information content (AvgIpc) is 2.55. The average molecular weight is 304 g/mol. The highest BCUT2D eigenvalue weighted by Gasteiger charge is 2.17. The maximum absolute atomic E-state index is 12.1. The van der Waals surface area contributed by atoms with Gasteiger partial charge in [0.1, 0.15) is 0 Å². The molecule has 1 aromatic carbocycles. The van der Waals surface area contributed by atoms with Gasteiger partial charge in [0.05, 0.1) is 6.10 Å². The van der Waals surface area contributed by atoms with E-state index in [1.165, 1.54) is 19.3 Å². The van der Waals surface area contributed by atoms with E-state index in [2.05, 4.69) is 17.1 Å². The van der Waals surface area contributed by atoms with E-state index in [-0.39, 0.29) is 12.0 Å². The summed E-state index contributed by atoms with van der Waals surface area (Å²) < 4.78 is 0.